The molecule has 0 spiro atoms. The van der Waals surface area contributed by atoms with E-state index in [0.717, 1.165) is 5.75 Å². The predicted octanol–water partition coefficient (Wildman–Crippen LogP) is 3.30. The highest BCUT2D eigenvalue weighted by atomic mass is 16.5. The summed E-state index contributed by atoms with van der Waals surface area (Å²) in [5.41, 5.74) is 1.31. The van der Waals surface area contributed by atoms with Crippen LogP contribution in [0, 0.1) is 0 Å². The van der Waals surface area contributed by atoms with Crippen molar-refractivity contribution in [3.05, 3.63) is 29.8 Å². The minimum atomic E-state index is 0.384. The van der Waals surface area contributed by atoms with Crippen LogP contribution in [0.4, 0.5) is 0 Å². The van der Waals surface area contributed by atoms with E-state index < -0.39 is 0 Å². The molecule has 1 aromatic carbocycles. The summed E-state index contributed by atoms with van der Waals surface area (Å²) in [6, 6.07) is 9.32. The van der Waals surface area contributed by atoms with Crippen LogP contribution in [0.1, 0.15) is 44.2 Å². The van der Waals surface area contributed by atoms with E-state index in [4.69, 9.17) is 9.47 Å². The number of benzene rings is 1. The third kappa shape index (κ3) is 3.95. The minimum Gasteiger partial charge on any atom is -0.497 e. The van der Waals surface area contributed by atoms with E-state index >= 15 is 0 Å². The zero-order valence-corrected chi connectivity index (χ0v) is 12.2. The molecule has 0 aromatic heterocycles. The van der Waals surface area contributed by atoms with E-state index in [1.807, 2.05) is 19.2 Å². The molecule has 0 saturated heterocycles. The fraction of sp³-hybridized carbons (Fsp3) is 0.625. The van der Waals surface area contributed by atoms with E-state index in [2.05, 4.69) is 24.4 Å². The van der Waals surface area contributed by atoms with Crippen LogP contribution < -0.4 is 10.1 Å². The normalized spacial score (nSPS) is 25.0. The van der Waals surface area contributed by atoms with Crippen LogP contribution >= 0.6 is 0 Å². The van der Waals surface area contributed by atoms with Gasteiger partial charge in [0.05, 0.1) is 13.2 Å². The number of hydrogen-bond acceptors (Lipinski definition) is 3. The molecule has 3 heteroatoms. The molecule has 1 saturated carbocycles. The zero-order valence-electron chi connectivity index (χ0n) is 12.2. The number of methoxy groups -OCH3 is 2. The van der Waals surface area contributed by atoms with E-state index in [9.17, 15) is 0 Å². The fourth-order valence-electron chi connectivity index (χ4n) is 2.81. The molecule has 1 N–H and O–H groups in total. The molecule has 1 unspecified atom stereocenters. The summed E-state index contributed by atoms with van der Waals surface area (Å²) in [5.74, 6) is 0.913. The first kappa shape index (κ1) is 14.4. The van der Waals surface area contributed by atoms with Crippen LogP contribution in [-0.2, 0) is 4.74 Å². The van der Waals surface area contributed by atoms with Crippen LogP contribution in [0.3, 0.4) is 0 Å². The average molecular weight is 263 g/mol. The van der Waals surface area contributed by atoms with Crippen LogP contribution in [0.5, 0.6) is 5.75 Å². The van der Waals surface area contributed by atoms with Crippen molar-refractivity contribution in [2.24, 2.45) is 0 Å². The van der Waals surface area contributed by atoms with E-state index in [0.29, 0.717) is 18.2 Å². The standard InChI is InChI=1S/C16H25NO2/c1-12(13-4-8-15(18-2)9-5-13)17-14-6-10-16(19-3)11-7-14/h4-5,8-9,12,14,16-17H,6-7,10-11H2,1-3H3. The summed E-state index contributed by atoms with van der Waals surface area (Å²) in [7, 11) is 3.52. The van der Waals surface area contributed by atoms with Gasteiger partial charge in [0, 0.05) is 19.2 Å². The van der Waals surface area contributed by atoms with Gasteiger partial charge in [-0.25, -0.2) is 0 Å². The lowest BCUT2D eigenvalue weighted by Gasteiger charge is -2.30. The largest absolute Gasteiger partial charge is 0.497 e. The Kier molecular flexibility index (Phi) is 5.23. The Labute approximate surface area is 116 Å². The van der Waals surface area contributed by atoms with Crippen LogP contribution in [0.25, 0.3) is 0 Å². The lowest BCUT2D eigenvalue weighted by atomic mass is 9.92. The zero-order chi connectivity index (χ0) is 13.7. The van der Waals surface area contributed by atoms with Gasteiger partial charge >= 0.3 is 0 Å². The maximum atomic E-state index is 5.41. The Hall–Kier alpha value is -1.06. The van der Waals surface area contributed by atoms with Crippen molar-refractivity contribution < 1.29 is 9.47 Å². The number of ether oxygens (including phenoxy) is 2. The Balaban J connectivity index is 1.85. The van der Waals surface area contributed by atoms with Crippen molar-refractivity contribution in [2.45, 2.75) is 50.8 Å². The first-order chi connectivity index (χ1) is 9.22. The van der Waals surface area contributed by atoms with Gasteiger partial charge in [-0.2, -0.15) is 0 Å². The summed E-state index contributed by atoms with van der Waals surface area (Å²) in [5, 5.41) is 3.72. The second-order valence-electron chi connectivity index (χ2n) is 5.37. The molecular weight excluding hydrogens is 238 g/mol. The molecule has 0 radical (unpaired) electrons. The van der Waals surface area contributed by atoms with Gasteiger partial charge in [0.1, 0.15) is 5.75 Å². The van der Waals surface area contributed by atoms with Gasteiger partial charge in [0.15, 0.2) is 0 Å². The van der Waals surface area contributed by atoms with Crippen molar-refractivity contribution >= 4 is 0 Å². The van der Waals surface area contributed by atoms with Gasteiger partial charge in [-0.3, -0.25) is 0 Å². The quantitative estimate of drug-likeness (QED) is 0.884. The molecule has 1 aliphatic rings. The Morgan fingerprint density at radius 1 is 1.05 bits per heavy atom. The Morgan fingerprint density at radius 2 is 1.68 bits per heavy atom. The monoisotopic (exact) mass is 263 g/mol. The van der Waals surface area contributed by atoms with Crippen molar-refractivity contribution in [2.75, 3.05) is 14.2 Å². The maximum Gasteiger partial charge on any atom is 0.118 e. The molecule has 1 aromatic rings. The minimum absolute atomic E-state index is 0.384. The Morgan fingerprint density at radius 3 is 2.21 bits per heavy atom. The third-order valence-electron chi connectivity index (χ3n) is 4.11. The lowest BCUT2D eigenvalue weighted by Crippen LogP contribution is -2.36. The highest BCUT2D eigenvalue weighted by molar-refractivity contribution is 5.28. The smallest absolute Gasteiger partial charge is 0.118 e. The summed E-state index contributed by atoms with van der Waals surface area (Å²) in [6.07, 6.45) is 5.22. The van der Waals surface area contributed by atoms with Crippen molar-refractivity contribution in [1.82, 2.24) is 5.32 Å². The van der Waals surface area contributed by atoms with Crippen LogP contribution in [0.15, 0.2) is 24.3 Å². The van der Waals surface area contributed by atoms with E-state index in [-0.39, 0.29) is 0 Å². The number of rotatable bonds is 5. The second kappa shape index (κ2) is 6.92. The SMILES string of the molecule is COc1ccc(C(C)NC2CCC(OC)CC2)cc1. The molecule has 1 fully saturated rings. The van der Waals surface area contributed by atoms with Crippen molar-refractivity contribution in [3.8, 4) is 5.75 Å². The van der Waals surface area contributed by atoms with Gasteiger partial charge in [0.25, 0.3) is 0 Å². The van der Waals surface area contributed by atoms with Gasteiger partial charge in [-0.15, -0.1) is 0 Å². The molecule has 3 nitrogen and oxygen atoms in total. The molecular formula is C16H25NO2. The topological polar surface area (TPSA) is 30.5 Å². The number of hydrogen-bond donors (Lipinski definition) is 1. The van der Waals surface area contributed by atoms with Crippen LogP contribution in [0.2, 0.25) is 0 Å². The summed E-state index contributed by atoms with van der Waals surface area (Å²) >= 11 is 0. The lowest BCUT2D eigenvalue weighted by molar-refractivity contribution is 0.0614. The average Bonchev–Trinajstić information content (AvgIpc) is 2.48. The van der Waals surface area contributed by atoms with Crippen molar-refractivity contribution in [1.29, 1.82) is 0 Å². The van der Waals surface area contributed by atoms with Gasteiger partial charge in [0.2, 0.25) is 0 Å². The molecule has 19 heavy (non-hydrogen) atoms. The molecule has 2 rings (SSSR count). The molecule has 0 aliphatic heterocycles. The van der Waals surface area contributed by atoms with Gasteiger partial charge in [-0.05, 0) is 50.3 Å². The Bertz CT molecular complexity index is 369. The van der Waals surface area contributed by atoms with Gasteiger partial charge < -0.3 is 14.8 Å². The first-order valence-electron chi connectivity index (χ1n) is 7.15. The predicted molar refractivity (Wildman–Crippen MR) is 77.6 cm³/mol. The highest BCUT2D eigenvalue weighted by Crippen LogP contribution is 2.24. The molecule has 1 aliphatic carbocycles. The summed E-state index contributed by atoms with van der Waals surface area (Å²) in [6.45, 7) is 2.23. The maximum absolute atomic E-state index is 5.41. The third-order valence-corrected chi connectivity index (χ3v) is 4.11. The van der Waals surface area contributed by atoms with Crippen LogP contribution in [-0.4, -0.2) is 26.4 Å². The van der Waals surface area contributed by atoms with E-state index in [1.165, 1.54) is 31.2 Å². The summed E-state index contributed by atoms with van der Waals surface area (Å²) in [4.78, 5) is 0. The van der Waals surface area contributed by atoms with Crippen molar-refractivity contribution in [3.63, 3.8) is 0 Å². The molecule has 1 atom stereocenters. The molecule has 0 heterocycles. The number of nitrogens with one attached hydrogen (secondary N) is 1. The fourth-order valence-corrected chi connectivity index (χ4v) is 2.81. The summed E-state index contributed by atoms with van der Waals surface area (Å²) < 4.78 is 10.6. The van der Waals surface area contributed by atoms with Gasteiger partial charge in [-0.1, -0.05) is 12.1 Å². The first-order valence-corrected chi connectivity index (χ1v) is 7.15. The molecule has 0 amide bonds. The molecule has 106 valence electrons. The highest BCUT2D eigenvalue weighted by Gasteiger charge is 2.22. The second-order valence-corrected chi connectivity index (χ2v) is 5.37. The van der Waals surface area contributed by atoms with E-state index in [1.54, 1.807) is 7.11 Å². The molecule has 0 bridgehead atoms.